The van der Waals surface area contributed by atoms with Crippen LogP contribution >= 0.6 is 11.6 Å². The first-order chi connectivity index (χ1) is 8.77. The van der Waals surface area contributed by atoms with Crippen LogP contribution in [0.2, 0.25) is 5.02 Å². The summed E-state index contributed by atoms with van der Waals surface area (Å²) in [5.41, 5.74) is 1.71. The molecule has 1 fully saturated rings. The fourth-order valence-electron chi connectivity index (χ4n) is 4.64. The molecule has 1 aromatic rings. The maximum Gasteiger partial charge on any atom is 0.142 e. The standard InChI is InChI=1S/C16H20ClFO/c1-15(2)5-4-6-16(3)10-8-12(18)11(17)7-9(10)13(19)14(15)16/h7-8,13-14,19H,4-6H2,1-3H3/t13-,14-,16-/m0/s1. The van der Waals surface area contributed by atoms with E-state index < -0.39 is 6.10 Å². The normalized spacial score (nSPS) is 35.9. The van der Waals surface area contributed by atoms with E-state index in [0.717, 1.165) is 30.4 Å². The van der Waals surface area contributed by atoms with E-state index in [9.17, 15) is 9.50 Å². The maximum absolute atomic E-state index is 13.8. The monoisotopic (exact) mass is 282 g/mol. The van der Waals surface area contributed by atoms with Crippen LogP contribution in [-0.4, -0.2) is 5.11 Å². The Kier molecular flexibility index (Phi) is 2.79. The van der Waals surface area contributed by atoms with Gasteiger partial charge in [0.15, 0.2) is 0 Å². The van der Waals surface area contributed by atoms with Crippen LogP contribution < -0.4 is 0 Å². The van der Waals surface area contributed by atoms with E-state index >= 15 is 0 Å². The topological polar surface area (TPSA) is 20.2 Å². The molecule has 1 aromatic carbocycles. The summed E-state index contributed by atoms with van der Waals surface area (Å²) in [6.45, 7) is 6.59. The van der Waals surface area contributed by atoms with Crippen LogP contribution in [0.25, 0.3) is 0 Å². The van der Waals surface area contributed by atoms with Crippen LogP contribution in [0.1, 0.15) is 57.3 Å². The summed E-state index contributed by atoms with van der Waals surface area (Å²) < 4.78 is 13.8. The number of fused-ring (bicyclic) bond motifs is 3. The van der Waals surface area contributed by atoms with Gasteiger partial charge in [-0.2, -0.15) is 0 Å². The molecule has 19 heavy (non-hydrogen) atoms. The summed E-state index contributed by atoms with van der Waals surface area (Å²) >= 11 is 5.89. The molecule has 0 saturated heterocycles. The molecule has 0 spiro atoms. The van der Waals surface area contributed by atoms with Gasteiger partial charge >= 0.3 is 0 Å². The third kappa shape index (κ3) is 1.69. The van der Waals surface area contributed by atoms with E-state index in [2.05, 4.69) is 20.8 Å². The van der Waals surface area contributed by atoms with E-state index in [1.165, 1.54) is 0 Å². The molecule has 0 bridgehead atoms. The highest BCUT2D eigenvalue weighted by molar-refractivity contribution is 6.30. The van der Waals surface area contributed by atoms with Crippen LogP contribution in [0.3, 0.4) is 0 Å². The number of benzene rings is 1. The zero-order valence-electron chi connectivity index (χ0n) is 11.6. The minimum absolute atomic E-state index is 0.0639. The molecular weight excluding hydrogens is 263 g/mol. The van der Waals surface area contributed by atoms with Crippen molar-refractivity contribution in [2.75, 3.05) is 0 Å². The molecular formula is C16H20ClFO. The first kappa shape index (κ1) is 13.4. The molecule has 2 aliphatic carbocycles. The van der Waals surface area contributed by atoms with Crippen molar-refractivity contribution >= 4 is 11.6 Å². The van der Waals surface area contributed by atoms with E-state index in [1.54, 1.807) is 12.1 Å². The molecule has 104 valence electrons. The molecule has 0 amide bonds. The molecule has 0 heterocycles. The Balaban J connectivity index is 2.22. The second-order valence-electron chi connectivity index (χ2n) is 7.04. The first-order valence-electron chi connectivity index (χ1n) is 6.95. The predicted molar refractivity (Wildman–Crippen MR) is 74.8 cm³/mol. The van der Waals surface area contributed by atoms with Crippen LogP contribution in [-0.2, 0) is 5.41 Å². The molecule has 0 radical (unpaired) electrons. The van der Waals surface area contributed by atoms with Crippen LogP contribution in [0.15, 0.2) is 12.1 Å². The van der Waals surface area contributed by atoms with Gasteiger partial charge in [0.2, 0.25) is 0 Å². The van der Waals surface area contributed by atoms with Gasteiger partial charge in [-0.3, -0.25) is 0 Å². The summed E-state index contributed by atoms with van der Waals surface area (Å²) in [4.78, 5) is 0. The lowest BCUT2D eigenvalue weighted by Gasteiger charge is -2.48. The van der Waals surface area contributed by atoms with Crippen LogP contribution in [0, 0.1) is 17.2 Å². The Hall–Kier alpha value is -0.600. The molecule has 1 nitrogen and oxygen atoms in total. The third-order valence-electron chi connectivity index (χ3n) is 5.39. The smallest absolute Gasteiger partial charge is 0.142 e. The molecule has 3 heteroatoms. The average Bonchev–Trinajstić information content (AvgIpc) is 2.50. The third-order valence-corrected chi connectivity index (χ3v) is 5.68. The van der Waals surface area contributed by atoms with Gasteiger partial charge in [0, 0.05) is 5.92 Å². The Labute approximate surface area is 118 Å². The van der Waals surface area contributed by atoms with Crippen molar-refractivity contribution in [2.45, 2.75) is 51.6 Å². The van der Waals surface area contributed by atoms with Crippen molar-refractivity contribution < 1.29 is 9.50 Å². The molecule has 1 saturated carbocycles. The number of halogens is 2. The minimum Gasteiger partial charge on any atom is -0.388 e. The lowest BCUT2D eigenvalue weighted by atomic mass is 9.56. The lowest BCUT2D eigenvalue weighted by molar-refractivity contribution is -0.0272. The second-order valence-corrected chi connectivity index (χ2v) is 7.44. The SMILES string of the molecule is CC1(C)CCC[C@@]2(C)c3cc(F)c(Cl)cc3[C@H](O)[C@@H]12. The highest BCUT2D eigenvalue weighted by Gasteiger charge is 2.56. The summed E-state index contributed by atoms with van der Waals surface area (Å²) in [7, 11) is 0. The number of aliphatic hydroxyl groups excluding tert-OH is 1. The molecule has 0 unspecified atom stereocenters. The minimum atomic E-state index is -0.534. The van der Waals surface area contributed by atoms with Crippen LogP contribution in [0.5, 0.6) is 0 Å². The van der Waals surface area contributed by atoms with Gasteiger partial charge in [-0.15, -0.1) is 0 Å². The Morgan fingerprint density at radius 1 is 1.26 bits per heavy atom. The Morgan fingerprint density at radius 3 is 2.63 bits per heavy atom. The van der Waals surface area contributed by atoms with E-state index in [-0.39, 0.29) is 27.6 Å². The van der Waals surface area contributed by atoms with Crippen molar-refractivity contribution in [3.8, 4) is 0 Å². The zero-order valence-corrected chi connectivity index (χ0v) is 12.4. The Bertz CT molecular complexity index is 540. The quantitative estimate of drug-likeness (QED) is 0.737. The van der Waals surface area contributed by atoms with Gasteiger partial charge in [-0.1, -0.05) is 38.8 Å². The van der Waals surface area contributed by atoms with Gasteiger partial charge in [0.25, 0.3) is 0 Å². The van der Waals surface area contributed by atoms with Crippen molar-refractivity contribution in [3.05, 3.63) is 34.1 Å². The molecule has 1 N–H and O–H groups in total. The number of aliphatic hydroxyl groups is 1. The first-order valence-corrected chi connectivity index (χ1v) is 7.33. The van der Waals surface area contributed by atoms with Crippen molar-refractivity contribution in [3.63, 3.8) is 0 Å². The Morgan fingerprint density at radius 2 is 1.95 bits per heavy atom. The van der Waals surface area contributed by atoms with Crippen molar-refractivity contribution in [1.82, 2.24) is 0 Å². The second kappa shape index (κ2) is 3.95. The molecule has 3 rings (SSSR count). The number of rotatable bonds is 0. The fraction of sp³-hybridized carbons (Fsp3) is 0.625. The average molecular weight is 283 g/mol. The van der Waals surface area contributed by atoms with Crippen molar-refractivity contribution in [2.24, 2.45) is 11.3 Å². The van der Waals surface area contributed by atoms with Crippen LogP contribution in [0.4, 0.5) is 4.39 Å². The fourth-order valence-corrected chi connectivity index (χ4v) is 4.82. The van der Waals surface area contributed by atoms with Gasteiger partial charge in [-0.25, -0.2) is 4.39 Å². The summed E-state index contributed by atoms with van der Waals surface area (Å²) in [6.07, 6.45) is 2.70. The highest BCUT2D eigenvalue weighted by atomic mass is 35.5. The highest BCUT2D eigenvalue weighted by Crippen LogP contribution is 2.62. The van der Waals surface area contributed by atoms with E-state index in [4.69, 9.17) is 11.6 Å². The molecule has 2 aliphatic rings. The number of hydrogen-bond acceptors (Lipinski definition) is 1. The van der Waals surface area contributed by atoms with Crippen molar-refractivity contribution in [1.29, 1.82) is 0 Å². The van der Waals surface area contributed by atoms with Gasteiger partial charge in [0.05, 0.1) is 11.1 Å². The zero-order chi connectivity index (χ0) is 14.0. The molecule has 0 aromatic heterocycles. The van der Waals surface area contributed by atoms with E-state index in [0.29, 0.717) is 0 Å². The summed E-state index contributed by atoms with van der Waals surface area (Å²) in [6, 6.07) is 3.17. The number of hydrogen-bond donors (Lipinski definition) is 1. The van der Waals surface area contributed by atoms with E-state index in [1.807, 2.05) is 0 Å². The van der Waals surface area contributed by atoms with Gasteiger partial charge in [-0.05, 0) is 46.9 Å². The summed E-state index contributed by atoms with van der Waals surface area (Å²) in [5.74, 6) is -0.237. The van der Waals surface area contributed by atoms with Gasteiger partial charge < -0.3 is 5.11 Å². The molecule has 3 atom stereocenters. The summed E-state index contributed by atoms with van der Waals surface area (Å²) in [5, 5.41) is 10.8. The predicted octanol–water partition coefficient (Wildman–Crippen LogP) is 4.61. The maximum atomic E-state index is 13.8. The molecule has 0 aliphatic heterocycles. The lowest BCUT2D eigenvalue weighted by Crippen LogP contribution is -2.43. The van der Waals surface area contributed by atoms with Gasteiger partial charge in [0.1, 0.15) is 5.82 Å². The largest absolute Gasteiger partial charge is 0.388 e.